The molecule has 3 nitrogen and oxygen atoms in total. The summed E-state index contributed by atoms with van der Waals surface area (Å²) in [5, 5.41) is 7.86. The van der Waals surface area contributed by atoms with E-state index >= 15 is 0 Å². The van der Waals surface area contributed by atoms with Crippen molar-refractivity contribution in [3.8, 4) is 33.5 Å². The van der Waals surface area contributed by atoms with Crippen LogP contribution in [-0.4, -0.2) is 4.98 Å². The van der Waals surface area contributed by atoms with Crippen LogP contribution < -0.4 is 10.7 Å². The molecule has 0 bridgehead atoms. The zero-order valence-corrected chi connectivity index (χ0v) is 21.5. The number of pyridine rings is 1. The van der Waals surface area contributed by atoms with Gasteiger partial charge in [0, 0.05) is 32.5 Å². The summed E-state index contributed by atoms with van der Waals surface area (Å²) in [6, 6.07) is 44.8. The first-order valence-electron chi connectivity index (χ1n) is 13.5. The molecule has 3 heteroatoms. The standard InChI is InChI=1S/C37H21N3/c1-3-11-24-22(8-1)10-7-13-25(24)27-17-20-32-35(34(27)31-19-16-23-9-2-5-14-29(23)38-31)36-33(39-32)21-18-28-26-12-4-6-15-30(26)40-37(28)36/h1-21H. The van der Waals surface area contributed by atoms with Crippen LogP contribution in [0, 0.1) is 10.4 Å². The van der Waals surface area contributed by atoms with Crippen molar-refractivity contribution in [2.45, 2.75) is 0 Å². The number of nitrogens with zero attached hydrogens (tertiary/aromatic N) is 3. The molecule has 0 spiro atoms. The number of fused-ring (bicyclic) bond motifs is 8. The second kappa shape index (κ2) is 8.05. The molecule has 0 fully saturated rings. The van der Waals surface area contributed by atoms with Gasteiger partial charge in [0.25, 0.3) is 0 Å². The highest BCUT2D eigenvalue weighted by Gasteiger charge is 2.27. The predicted molar refractivity (Wildman–Crippen MR) is 161 cm³/mol. The van der Waals surface area contributed by atoms with Crippen molar-refractivity contribution in [3.05, 3.63) is 149 Å². The molecule has 0 amide bonds. The van der Waals surface area contributed by atoms with Gasteiger partial charge in [0.1, 0.15) is 0 Å². The molecular formula is C37H21N3. The molecule has 0 saturated heterocycles. The largest absolute Gasteiger partial charge is 0.248 e. The molecule has 184 valence electrons. The van der Waals surface area contributed by atoms with E-state index in [0.717, 1.165) is 66.2 Å². The first-order chi connectivity index (χ1) is 19.8. The summed E-state index contributed by atoms with van der Waals surface area (Å²) in [4.78, 5) is 15.5. The maximum absolute atomic E-state index is 5.22. The van der Waals surface area contributed by atoms with Crippen LogP contribution in [0.25, 0.3) is 55.2 Å². The van der Waals surface area contributed by atoms with Crippen LogP contribution in [0.15, 0.2) is 137 Å². The van der Waals surface area contributed by atoms with Crippen molar-refractivity contribution in [3.63, 3.8) is 0 Å². The fraction of sp³-hybridized carbons (Fsp3) is 0. The molecule has 3 heterocycles. The lowest BCUT2D eigenvalue weighted by Gasteiger charge is -2.17. The topological polar surface area (TPSA) is 37.6 Å². The Morgan fingerprint density at radius 2 is 1.25 bits per heavy atom. The molecule has 6 aromatic carbocycles. The van der Waals surface area contributed by atoms with E-state index in [4.69, 9.17) is 15.0 Å². The molecule has 9 rings (SSSR count). The van der Waals surface area contributed by atoms with E-state index in [0.29, 0.717) is 0 Å². The summed E-state index contributed by atoms with van der Waals surface area (Å²) >= 11 is 0. The fourth-order valence-corrected chi connectivity index (χ4v) is 6.40. The summed E-state index contributed by atoms with van der Waals surface area (Å²) < 4.78 is 0. The molecule has 7 aromatic rings. The van der Waals surface area contributed by atoms with Crippen LogP contribution in [0.3, 0.4) is 0 Å². The average Bonchev–Trinajstić information content (AvgIpc) is 3.58. The van der Waals surface area contributed by atoms with E-state index in [2.05, 4.69) is 121 Å². The van der Waals surface area contributed by atoms with E-state index in [1.165, 1.54) is 21.6 Å². The van der Waals surface area contributed by atoms with Gasteiger partial charge in [-0.25, -0.2) is 15.0 Å². The minimum absolute atomic E-state index is 0.939. The Balaban J connectivity index is 1.44. The number of hydrogen-bond acceptors (Lipinski definition) is 3. The van der Waals surface area contributed by atoms with Crippen molar-refractivity contribution in [2.24, 2.45) is 9.98 Å². The molecule has 2 aliphatic heterocycles. The van der Waals surface area contributed by atoms with Gasteiger partial charge < -0.3 is 0 Å². The van der Waals surface area contributed by atoms with E-state index < -0.39 is 0 Å². The quantitative estimate of drug-likeness (QED) is 0.232. The molecule has 0 saturated carbocycles. The Labute approximate surface area is 229 Å². The molecule has 0 radical (unpaired) electrons. The van der Waals surface area contributed by atoms with Crippen molar-refractivity contribution in [2.75, 3.05) is 0 Å². The van der Waals surface area contributed by atoms with Crippen LogP contribution in [0.1, 0.15) is 0 Å². The first-order valence-corrected chi connectivity index (χ1v) is 13.5. The molecule has 40 heavy (non-hydrogen) atoms. The monoisotopic (exact) mass is 507 g/mol. The number of rotatable bonds is 2. The van der Waals surface area contributed by atoms with E-state index in [-0.39, 0.29) is 0 Å². The smallest absolute Gasteiger partial charge is 0.0817 e. The molecule has 0 unspecified atom stereocenters. The average molecular weight is 508 g/mol. The fourth-order valence-electron chi connectivity index (χ4n) is 6.40. The Bertz CT molecular complexity index is 2440. The maximum atomic E-state index is 5.22. The van der Waals surface area contributed by atoms with E-state index in [1.54, 1.807) is 0 Å². The van der Waals surface area contributed by atoms with Crippen LogP contribution in [-0.2, 0) is 0 Å². The van der Waals surface area contributed by atoms with Crippen molar-refractivity contribution in [1.29, 1.82) is 0 Å². The van der Waals surface area contributed by atoms with Crippen LogP contribution in [0.4, 0.5) is 11.4 Å². The van der Waals surface area contributed by atoms with Gasteiger partial charge in [-0.3, -0.25) is 0 Å². The number of benzene rings is 6. The Hall–Kier alpha value is -5.41. The first kappa shape index (κ1) is 21.5. The Kier molecular flexibility index (Phi) is 4.33. The van der Waals surface area contributed by atoms with Gasteiger partial charge in [-0.2, -0.15) is 0 Å². The van der Waals surface area contributed by atoms with Gasteiger partial charge >= 0.3 is 0 Å². The zero-order valence-electron chi connectivity index (χ0n) is 21.5. The van der Waals surface area contributed by atoms with Crippen LogP contribution >= 0.6 is 0 Å². The second-order valence-corrected chi connectivity index (χ2v) is 10.4. The summed E-state index contributed by atoms with van der Waals surface area (Å²) in [5.74, 6) is 0. The van der Waals surface area contributed by atoms with Crippen molar-refractivity contribution >= 4 is 33.1 Å². The third-order valence-electron chi connectivity index (χ3n) is 8.19. The van der Waals surface area contributed by atoms with Gasteiger partial charge in [0.2, 0.25) is 0 Å². The summed E-state index contributed by atoms with van der Waals surface area (Å²) in [7, 11) is 0. The normalized spacial score (nSPS) is 12.4. The number of hydrogen-bond donors (Lipinski definition) is 0. The Morgan fingerprint density at radius 3 is 2.23 bits per heavy atom. The summed E-state index contributed by atoms with van der Waals surface area (Å²) in [6.45, 7) is 0. The lowest BCUT2D eigenvalue weighted by molar-refractivity contribution is 1.36. The van der Waals surface area contributed by atoms with E-state index in [1.807, 2.05) is 6.07 Å². The molecule has 0 aliphatic carbocycles. The highest BCUT2D eigenvalue weighted by molar-refractivity contribution is 6.07. The highest BCUT2D eigenvalue weighted by atomic mass is 14.8. The van der Waals surface area contributed by atoms with Gasteiger partial charge in [-0.1, -0.05) is 91.0 Å². The lowest BCUT2D eigenvalue weighted by atomic mass is 9.87. The molecule has 0 atom stereocenters. The van der Waals surface area contributed by atoms with Crippen molar-refractivity contribution < 1.29 is 0 Å². The molecule has 1 aromatic heterocycles. The molecule has 2 aliphatic rings. The van der Waals surface area contributed by atoms with Crippen LogP contribution in [0.2, 0.25) is 0 Å². The summed E-state index contributed by atoms with van der Waals surface area (Å²) in [5.41, 5.74) is 9.51. The van der Waals surface area contributed by atoms with Crippen LogP contribution in [0.5, 0.6) is 0 Å². The number of aromatic nitrogens is 1. The number of para-hydroxylation sites is 2. The third-order valence-corrected chi connectivity index (χ3v) is 8.19. The SMILES string of the molecule is c1ccc2c(c1)=Nc1c3c(ccc1=2)=Nc1ccc(-c2cccc4ccccc24)c(-c2ccc4ccccc4n2)c1-3. The minimum Gasteiger partial charge on any atom is -0.248 e. The Morgan fingerprint density at radius 1 is 0.425 bits per heavy atom. The lowest BCUT2D eigenvalue weighted by Crippen LogP contribution is -2.02. The summed E-state index contributed by atoms with van der Waals surface area (Å²) in [6.07, 6.45) is 0. The van der Waals surface area contributed by atoms with E-state index in [9.17, 15) is 0 Å². The van der Waals surface area contributed by atoms with Gasteiger partial charge in [-0.05, 0) is 58.3 Å². The van der Waals surface area contributed by atoms with Gasteiger partial charge in [0.15, 0.2) is 0 Å². The van der Waals surface area contributed by atoms with Crippen molar-refractivity contribution in [1.82, 2.24) is 4.98 Å². The third kappa shape index (κ3) is 2.97. The second-order valence-electron chi connectivity index (χ2n) is 10.4. The molecule has 0 N–H and O–H groups in total. The van der Waals surface area contributed by atoms with Gasteiger partial charge in [-0.15, -0.1) is 0 Å². The highest BCUT2D eigenvalue weighted by Crippen LogP contribution is 2.49. The predicted octanol–water partition coefficient (Wildman–Crippen LogP) is 8.21. The minimum atomic E-state index is 0.939. The maximum Gasteiger partial charge on any atom is 0.0817 e. The molecular weight excluding hydrogens is 486 g/mol. The van der Waals surface area contributed by atoms with Gasteiger partial charge in [0.05, 0.1) is 33.3 Å². The zero-order chi connectivity index (χ0) is 26.2.